The Kier molecular flexibility index (Phi) is 22.0. The number of alkyl halides is 1. The smallest absolute Gasteiger partial charge is 0.246 e. The van der Waals surface area contributed by atoms with Gasteiger partial charge in [0.05, 0.1) is 74.8 Å². The highest BCUT2D eigenvalue weighted by Crippen LogP contribution is 2.36. The van der Waals surface area contributed by atoms with Crippen LogP contribution in [0.2, 0.25) is 0 Å². The summed E-state index contributed by atoms with van der Waals surface area (Å²) in [5.74, 6) is -0.0159. The van der Waals surface area contributed by atoms with Gasteiger partial charge in [-0.25, -0.2) is 4.98 Å². The standard InChI is InChI=1S/C57H70ClN5O9S/c1-40-53(73-39-60-40)45-18-16-41(17-19-45)37-59-55(67)49-36-46(64)38-63(49)56(68)54(57(2,3)4)61-50(65)25-29-69-32-34-71-35-33-70-30-26-51(66)62(5)28-31-72-47-22-20-44(21-23-47)52(43-14-10-7-11-15-43)48(24-27-58)42-12-8-6-9-13-42/h6-23,39,46,49,54,64H,24-38H2,1-5H3,(H,59,67)(H,61,65)/b52-48-/t46-,49+,54-/m1/s1. The van der Waals surface area contributed by atoms with E-state index in [1.54, 1.807) is 23.3 Å². The number of ether oxygens (including phenoxy) is 4. The van der Waals surface area contributed by atoms with Crippen LogP contribution in [0, 0.1) is 12.3 Å². The Morgan fingerprint density at radius 3 is 2.00 bits per heavy atom. The van der Waals surface area contributed by atoms with Crippen molar-refractivity contribution in [2.45, 2.75) is 78.1 Å². The number of nitrogens with zero attached hydrogens (tertiary/aromatic N) is 3. The van der Waals surface area contributed by atoms with Crippen LogP contribution >= 0.6 is 22.9 Å². The molecule has 0 bridgehead atoms. The Labute approximate surface area is 439 Å². The number of aryl methyl sites for hydroxylation is 1. The number of allylic oxidation sites excluding steroid dienone is 1. The molecule has 1 saturated heterocycles. The first-order valence-electron chi connectivity index (χ1n) is 24.9. The summed E-state index contributed by atoms with van der Waals surface area (Å²) in [7, 11) is 1.75. The van der Waals surface area contributed by atoms with Gasteiger partial charge in [-0.05, 0) is 69.9 Å². The molecule has 2 heterocycles. The second kappa shape index (κ2) is 28.5. The molecule has 73 heavy (non-hydrogen) atoms. The molecule has 3 N–H and O–H groups in total. The maximum Gasteiger partial charge on any atom is 0.246 e. The molecule has 390 valence electrons. The summed E-state index contributed by atoms with van der Waals surface area (Å²) in [4.78, 5) is 61.6. The molecule has 0 saturated carbocycles. The molecule has 1 aliphatic rings. The minimum Gasteiger partial charge on any atom is -0.492 e. The van der Waals surface area contributed by atoms with Crippen LogP contribution in [0.4, 0.5) is 0 Å². The van der Waals surface area contributed by atoms with Crippen molar-refractivity contribution in [3.8, 4) is 16.2 Å². The van der Waals surface area contributed by atoms with E-state index in [0.717, 1.165) is 50.4 Å². The Balaban J connectivity index is 0.825. The number of thiazole rings is 1. The number of aliphatic hydroxyl groups is 1. The van der Waals surface area contributed by atoms with Gasteiger partial charge in [-0.2, -0.15) is 0 Å². The van der Waals surface area contributed by atoms with Crippen LogP contribution in [0.5, 0.6) is 5.75 Å². The van der Waals surface area contributed by atoms with Crippen molar-refractivity contribution in [2.24, 2.45) is 5.41 Å². The van der Waals surface area contributed by atoms with Crippen LogP contribution in [-0.4, -0.2) is 134 Å². The molecule has 4 aromatic carbocycles. The lowest BCUT2D eigenvalue weighted by molar-refractivity contribution is -0.144. The van der Waals surface area contributed by atoms with Gasteiger partial charge in [0, 0.05) is 38.9 Å². The van der Waals surface area contributed by atoms with Gasteiger partial charge >= 0.3 is 0 Å². The van der Waals surface area contributed by atoms with E-state index in [-0.39, 0.29) is 76.5 Å². The van der Waals surface area contributed by atoms with Crippen molar-refractivity contribution in [2.75, 3.05) is 72.3 Å². The fraction of sp³-hybridized carbons (Fsp3) is 0.421. The van der Waals surface area contributed by atoms with Gasteiger partial charge in [0.25, 0.3) is 0 Å². The molecular weight excluding hydrogens is 966 g/mol. The van der Waals surface area contributed by atoms with E-state index < -0.39 is 29.5 Å². The Hall–Kier alpha value is -5.94. The van der Waals surface area contributed by atoms with E-state index in [1.165, 1.54) is 10.5 Å². The van der Waals surface area contributed by atoms with E-state index in [0.29, 0.717) is 38.0 Å². The van der Waals surface area contributed by atoms with Crippen molar-refractivity contribution in [1.82, 2.24) is 25.4 Å². The monoisotopic (exact) mass is 1040 g/mol. The lowest BCUT2D eigenvalue weighted by atomic mass is 9.85. The van der Waals surface area contributed by atoms with Crippen LogP contribution in [0.1, 0.15) is 74.4 Å². The summed E-state index contributed by atoms with van der Waals surface area (Å²) in [6.45, 7) is 10.00. The molecule has 0 spiro atoms. The maximum absolute atomic E-state index is 14.0. The summed E-state index contributed by atoms with van der Waals surface area (Å²) < 4.78 is 22.9. The molecule has 6 rings (SSSR count). The lowest BCUT2D eigenvalue weighted by Crippen LogP contribution is -2.57. The number of benzene rings is 4. The summed E-state index contributed by atoms with van der Waals surface area (Å²) in [6, 6.07) is 34.7. The number of carbonyl (C=O) groups excluding carboxylic acids is 4. The maximum atomic E-state index is 14.0. The Morgan fingerprint density at radius 2 is 1.40 bits per heavy atom. The number of aliphatic hydroxyl groups excluding tert-OH is 1. The number of aromatic nitrogens is 1. The third-order valence-electron chi connectivity index (χ3n) is 12.5. The highest BCUT2D eigenvalue weighted by atomic mass is 35.5. The van der Waals surface area contributed by atoms with Crippen LogP contribution in [0.25, 0.3) is 21.6 Å². The van der Waals surface area contributed by atoms with Crippen molar-refractivity contribution in [3.05, 3.63) is 143 Å². The Bertz CT molecular complexity index is 2550. The van der Waals surface area contributed by atoms with Crippen molar-refractivity contribution in [1.29, 1.82) is 0 Å². The van der Waals surface area contributed by atoms with Gasteiger partial charge in [0.1, 0.15) is 24.4 Å². The molecule has 1 aliphatic heterocycles. The molecular formula is C57H70ClN5O9S. The van der Waals surface area contributed by atoms with E-state index in [1.807, 2.05) is 106 Å². The minimum atomic E-state index is -0.939. The highest BCUT2D eigenvalue weighted by molar-refractivity contribution is 7.13. The number of halogens is 1. The third-order valence-corrected chi connectivity index (χ3v) is 13.7. The molecule has 1 fully saturated rings. The predicted molar refractivity (Wildman–Crippen MR) is 287 cm³/mol. The Morgan fingerprint density at radius 1 is 0.795 bits per heavy atom. The first kappa shape index (κ1) is 56.4. The highest BCUT2D eigenvalue weighted by Gasteiger charge is 2.44. The van der Waals surface area contributed by atoms with Crippen molar-refractivity contribution >= 4 is 57.7 Å². The van der Waals surface area contributed by atoms with Gasteiger partial charge < -0.3 is 44.5 Å². The van der Waals surface area contributed by atoms with Crippen LogP contribution in [0.3, 0.4) is 0 Å². The number of nitrogens with one attached hydrogen (secondary N) is 2. The fourth-order valence-electron chi connectivity index (χ4n) is 8.48. The number of amides is 4. The summed E-state index contributed by atoms with van der Waals surface area (Å²) in [6.07, 6.45) is 0.182. The minimum absolute atomic E-state index is 0.0112. The normalized spacial score (nSPS) is 15.4. The van der Waals surface area contributed by atoms with Crippen molar-refractivity contribution < 1.29 is 43.2 Å². The number of β-amino-alcohol motifs (C(OH)–C–C–N with tert-alkyl or cyclic N) is 1. The molecule has 0 unspecified atom stereocenters. The average Bonchev–Trinajstić information content (AvgIpc) is 4.01. The van der Waals surface area contributed by atoms with Crippen LogP contribution < -0.4 is 15.4 Å². The average molecular weight is 1040 g/mol. The van der Waals surface area contributed by atoms with Gasteiger partial charge in [0.2, 0.25) is 23.6 Å². The molecule has 5 aromatic rings. The summed E-state index contributed by atoms with van der Waals surface area (Å²) in [5.41, 5.74) is 9.64. The first-order valence-corrected chi connectivity index (χ1v) is 26.3. The summed E-state index contributed by atoms with van der Waals surface area (Å²) in [5, 5.41) is 16.3. The molecule has 16 heteroatoms. The van der Waals surface area contributed by atoms with Crippen LogP contribution in [-0.2, 0) is 39.9 Å². The summed E-state index contributed by atoms with van der Waals surface area (Å²) >= 11 is 7.89. The molecule has 4 amide bonds. The number of likely N-dealkylation sites (tertiary alicyclic amines) is 1. The SMILES string of the molecule is Cc1ncsc1-c1ccc(CNC(=O)[C@@H]2C[C@@H](O)CN2C(=O)[C@@H](NC(=O)CCOCCOCCOCCC(=O)N(C)CCOc2ccc(/C(=C(/CCCl)c3ccccc3)c3ccccc3)cc2)C(C)(C)C)cc1. The van der Waals surface area contributed by atoms with Gasteiger partial charge in [0.15, 0.2) is 0 Å². The first-order chi connectivity index (χ1) is 35.2. The van der Waals surface area contributed by atoms with Gasteiger partial charge in [-0.1, -0.05) is 118 Å². The second-order valence-corrected chi connectivity index (χ2v) is 20.2. The predicted octanol–water partition coefficient (Wildman–Crippen LogP) is 8.18. The molecule has 1 aromatic heterocycles. The largest absolute Gasteiger partial charge is 0.492 e. The van der Waals surface area contributed by atoms with Gasteiger partial charge in [-0.15, -0.1) is 22.9 Å². The lowest BCUT2D eigenvalue weighted by Gasteiger charge is -2.35. The number of hydrogen-bond donors (Lipinski definition) is 3. The third kappa shape index (κ3) is 17.1. The van der Waals surface area contributed by atoms with E-state index in [2.05, 4.69) is 52.0 Å². The zero-order chi connectivity index (χ0) is 52.2. The van der Waals surface area contributed by atoms with Gasteiger partial charge in [-0.3, -0.25) is 19.2 Å². The molecule has 14 nitrogen and oxygen atoms in total. The zero-order valence-electron chi connectivity index (χ0n) is 42.6. The topological polar surface area (TPSA) is 169 Å². The quantitative estimate of drug-likeness (QED) is 0.0265. The van der Waals surface area contributed by atoms with Crippen molar-refractivity contribution in [3.63, 3.8) is 0 Å². The molecule has 0 radical (unpaired) electrons. The fourth-order valence-corrected chi connectivity index (χ4v) is 9.48. The second-order valence-electron chi connectivity index (χ2n) is 19.0. The molecule has 3 atom stereocenters. The van der Waals surface area contributed by atoms with E-state index >= 15 is 0 Å². The number of likely N-dealkylation sites (N-methyl/N-ethyl adjacent to an activating group) is 1. The van der Waals surface area contributed by atoms with Crippen LogP contribution in [0.15, 0.2) is 115 Å². The molecule has 0 aliphatic carbocycles. The zero-order valence-corrected chi connectivity index (χ0v) is 44.2. The van der Waals surface area contributed by atoms with E-state index in [9.17, 15) is 24.3 Å². The van der Waals surface area contributed by atoms with E-state index in [4.69, 9.17) is 30.5 Å². The number of carbonyl (C=O) groups is 4. The number of hydrogen-bond acceptors (Lipinski definition) is 11. The number of rotatable bonds is 27.